The van der Waals surface area contributed by atoms with Crippen molar-refractivity contribution in [2.75, 3.05) is 6.61 Å². The van der Waals surface area contributed by atoms with Crippen molar-refractivity contribution in [1.29, 1.82) is 0 Å². The molecule has 1 N–H and O–H groups in total. The molecule has 0 aliphatic rings. The van der Waals surface area contributed by atoms with Crippen molar-refractivity contribution in [2.45, 2.75) is 19.5 Å². The lowest BCUT2D eigenvalue weighted by atomic mass is 10.2. The van der Waals surface area contributed by atoms with Crippen molar-refractivity contribution < 1.29 is 9.53 Å². The Morgan fingerprint density at radius 3 is 2.52 bits per heavy atom. The van der Waals surface area contributed by atoms with E-state index in [2.05, 4.69) is 9.88 Å². The van der Waals surface area contributed by atoms with Gasteiger partial charge in [-0.1, -0.05) is 53.5 Å². The lowest BCUT2D eigenvalue weighted by molar-refractivity contribution is -0.123. The highest BCUT2D eigenvalue weighted by atomic mass is 35.5. The van der Waals surface area contributed by atoms with E-state index in [0.717, 1.165) is 22.4 Å². The average Bonchev–Trinajstić information content (AvgIpc) is 3.13. The molecule has 0 spiro atoms. The standard InChI is InChI=1S/C24H21Cl2N3O2/c1-16(27-23(30)15-31-19-12-10-18(25)11-13-19)24-28-21-8-4-5-9-22(21)29(24)14-17-6-2-3-7-20(17)26/h2-13,16H,14-15H2,1H3,(H,27,30). The molecule has 3 aromatic carbocycles. The second kappa shape index (κ2) is 9.41. The predicted octanol–water partition coefficient (Wildman–Crippen LogP) is 5.65. The number of rotatable bonds is 7. The van der Waals surface area contributed by atoms with Gasteiger partial charge in [-0.25, -0.2) is 4.98 Å². The molecule has 0 radical (unpaired) electrons. The molecule has 0 aliphatic heterocycles. The quantitative estimate of drug-likeness (QED) is 0.393. The number of halogens is 2. The highest BCUT2D eigenvalue weighted by Crippen LogP contribution is 2.25. The van der Waals surface area contributed by atoms with E-state index in [1.54, 1.807) is 24.3 Å². The largest absolute Gasteiger partial charge is 0.484 e. The molecule has 7 heteroatoms. The number of carbonyl (C=O) groups is 1. The Bertz CT molecular complexity index is 1210. The molecule has 0 saturated heterocycles. The Kier molecular flexibility index (Phi) is 6.44. The molecule has 158 valence electrons. The number of nitrogens with one attached hydrogen (secondary N) is 1. The van der Waals surface area contributed by atoms with Gasteiger partial charge in [0.1, 0.15) is 11.6 Å². The third-order valence-corrected chi connectivity index (χ3v) is 5.54. The molecule has 0 aliphatic carbocycles. The molecule has 1 aromatic heterocycles. The summed E-state index contributed by atoms with van der Waals surface area (Å²) in [6.07, 6.45) is 0. The molecular formula is C24H21Cl2N3O2. The number of ether oxygens (including phenoxy) is 1. The predicted molar refractivity (Wildman–Crippen MR) is 124 cm³/mol. The SMILES string of the molecule is CC(NC(=O)COc1ccc(Cl)cc1)c1nc2ccccc2n1Cc1ccccc1Cl. The fourth-order valence-corrected chi connectivity index (χ4v) is 3.74. The summed E-state index contributed by atoms with van der Waals surface area (Å²) in [7, 11) is 0. The third kappa shape index (κ3) is 5.01. The summed E-state index contributed by atoms with van der Waals surface area (Å²) in [5.41, 5.74) is 2.83. The molecule has 0 bridgehead atoms. The molecule has 4 rings (SSSR count). The summed E-state index contributed by atoms with van der Waals surface area (Å²) >= 11 is 12.3. The van der Waals surface area contributed by atoms with E-state index in [4.69, 9.17) is 32.9 Å². The van der Waals surface area contributed by atoms with E-state index in [1.807, 2.05) is 55.5 Å². The molecule has 5 nitrogen and oxygen atoms in total. The lowest BCUT2D eigenvalue weighted by Crippen LogP contribution is -2.32. The molecule has 1 atom stereocenters. The van der Waals surface area contributed by atoms with Crippen LogP contribution in [0.25, 0.3) is 11.0 Å². The molecule has 0 fully saturated rings. The van der Waals surface area contributed by atoms with Crippen molar-refractivity contribution in [3.05, 3.63) is 94.2 Å². The molecular weight excluding hydrogens is 433 g/mol. The van der Waals surface area contributed by atoms with Crippen LogP contribution in [0, 0.1) is 0 Å². The van der Waals surface area contributed by atoms with E-state index in [1.165, 1.54) is 0 Å². The zero-order chi connectivity index (χ0) is 21.8. The van der Waals surface area contributed by atoms with Crippen LogP contribution in [-0.2, 0) is 11.3 Å². The Balaban J connectivity index is 1.53. The second-order valence-corrected chi connectivity index (χ2v) is 8.01. The van der Waals surface area contributed by atoms with E-state index in [0.29, 0.717) is 22.3 Å². The van der Waals surface area contributed by atoms with Crippen molar-refractivity contribution in [1.82, 2.24) is 14.9 Å². The maximum Gasteiger partial charge on any atom is 0.258 e. The normalized spacial score (nSPS) is 12.0. The number of hydrogen-bond acceptors (Lipinski definition) is 3. The molecule has 4 aromatic rings. The Labute approximate surface area is 190 Å². The van der Waals surface area contributed by atoms with Crippen LogP contribution in [0.4, 0.5) is 0 Å². The average molecular weight is 454 g/mol. The van der Waals surface area contributed by atoms with Crippen LogP contribution in [0.2, 0.25) is 10.0 Å². The van der Waals surface area contributed by atoms with Crippen LogP contribution < -0.4 is 10.1 Å². The van der Waals surface area contributed by atoms with Gasteiger partial charge in [0.05, 0.1) is 23.6 Å². The van der Waals surface area contributed by atoms with Crippen LogP contribution >= 0.6 is 23.2 Å². The first kappa shape index (κ1) is 21.2. The van der Waals surface area contributed by atoms with Crippen LogP contribution in [-0.4, -0.2) is 22.1 Å². The first-order valence-corrected chi connectivity index (χ1v) is 10.6. The van der Waals surface area contributed by atoms with Gasteiger partial charge in [0.25, 0.3) is 5.91 Å². The number of fused-ring (bicyclic) bond motifs is 1. The highest BCUT2D eigenvalue weighted by Gasteiger charge is 2.19. The number of benzene rings is 3. The molecule has 1 amide bonds. The van der Waals surface area contributed by atoms with Crippen LogP contribution in [0.15, 0.2) is 72.8 Å². The number of para-hydroxylation sites is 2. The van der Waals surface area contributed by atoms with Gasteiger partial charge in [0.2, 0.25) is 0 Å². The zero-order valence-corrected chi connectivity index (χ0v) is 18.4. The smallest absolute Gasteiger partial charge is 0.258 e. The highest BCUT2D eigenvalue weighted by molar-refractivity contribution is 6.31. The van der Waals surface area contributed by atoms with Gasteiger partial charge in [-0.05, 0) is 55.0 Å². The number of imidazole rings is 1. The van der Waals surface area contributed by atoms with Crippen LogP contribution in [0.1, 0.15) is 24.4 Å². The van der Waals surface area contributed by atoms with Gasteiger partial charge in [0, 0.05) is 10.0 Å². The topological polar surface area (TPSA) is 56.1 Å². The van der Waals surface area contributed by atoms with Gasteiger partial charge in [-0.3, -0.25) is 4.79 Å². The minimum Gasteiger partial charge on any atom is -0.484 e. The third-order valence-electron chi connectivity index (χ3n) is 4.92. The molecule has 1 heterocycles. The van der Waals surface area contributed by atoms with Crippen LogP contribution in [0.3, 0.4) is 0 Å². The zero-order valence-electron chi connectivity index (χ0n) is 16.9. The first-order chi connectivity index (χ1) is 15.0. The maximum absolute atomic E-state index is 12.5. The number of hydrogen-bond donors (Lipinski definition) is 1. The maximum atomic E-state index is 12.5. The molecule has 1 unspecified atom stereocenters. The second-order valence-electron chi connectivity index (χ2n) is 7.17. The van der Waals surface area contributed by atoms with Crippen LogP contribution in [0.5, 0.6) is 5.75 Å². The number of aromatic nitrogens is 2. The van der Waals surface area contributed by atoms with Gasteiger partial charge < -0.3 is 14.6 Å². The van der Waals surface area contributed by atoms with E-state index in [9.17, 15) is 4.79 Å². The number of nitrogens with zero attached hydrogens (tertiary/aromatic N) is 2. The van der Waals surface area contributed by atoms with Gasteiger partial charge in [-0.2, -0.15) is 0 Å². The summed E-state index contributed by atoms with van der Waals surface area (Å²) in [5.74, 6) is 1.10. The van der Waals surface area contributed by atoms with E-state index in [-0.39, 0.29) is 18.6 Å². The summed E-state index contributed by atoms with van der Waals surface area (Å²) in [5, 5.41) is 4.28. The van der Waals surface area contributed by atoms with Gasteiger partial charge in [-0.15, -0.1) is 0 Å². The van der Waals surface area contributed by atoms with Crippen molar-refractivity contribution in [3.8, 4) is 5.75 Å². The summed E-state index contributed by atoms with van der Waals surface area (Å²) < 4.78 is 7.63. The summed E-state index contributed by atoms with van der Waals surface area (Å²) in [6, 6.07) is 22.2. The molecule has 31 heavy (non-hydrogen) atoms. The fraction of sp³-hybridized carbons (Fsp3) is 0.167. The van der Waals surface area contributed by atoms with E-state index < -0.39 is 0 Å². The van der Waals surface area contributed by atoms with Gasteiger partial charge >= 0.3 is 0 Å². The minimum atomic E-state index is -0.323. The van der Waals surface area contributed by atoms with Crippen molar-refractivity contribution in [3.63, 3.8) is 0 Å². The number of carbonyl (C=O) groups excluding carboxylic acids is 1. The Hall–Kier alpha value is -3.02. The van der Waals surface area contributed by atoms with Crippen molar-refractivity contribution in [2.24, 2.45) is 0 Å². The monoisotopic (exact) mass is 453 g/mol. The van der Waals surface area contributed by atoms with Gasteiger partial charge in [0.15, 0.2) is 6.61 Å². The summed E-state index contributed by atoms with van der Waals surface area (Å²) in [4.78, 5) is 17.3. The lowest BCUT2D eigenvalue weighted by Gasteiger charge is -2.17. The number of amides is 1. The Morgan fingerprint density at radius 1 is 1.03 bits per heavy atom. The fourth-order valence-electron chi connectivity index (χ4n) is 3.42. The Morgan fingerprint density at radius 2 is 1.74 bits per heavy atom. The van der Waals surface area contributed by atoms with Crippen molar-refractivity contribution >= 4 is 40.1 Å². The summed E-state index contributed by atoms with van der Waals surface area (Å²) in [6.45, 7) is 2.36. The first-order valence-electron chi connectivity index (χ1n) is 9.87. The van der Waals surface area contributed by atoms with E-state index >= 15 is 0 Å². The minimum absolute atomic E-state index is 0.100. The molecule has 0 saturated carbocycles.